The largest absolute Gasteiger partial charge is 0.441 e. The molecule has 0 spiro atoms. The maximum atomic E-state index is 13.2. The van der Waals surface area contributed by atoms with E-state index in [0.29, 0.717) is 18.5 Å². The minimum atomic E-state index is -1.51. The highest BCUT2D eigenvalue weighted by Crippen LogP contribution is 2.61. The van der Waals surface area contributed by atoms with Gasteiger partial charge >= 0.3 is 11.8 Å². The molecule has 298 valence electrons. The van der Waals surface area contributed by atoms with Crippen molar-refractivity contribution in [3.8, 4) is 0 Å². The van der Waals surface area contributed by atoms with Gasteiger partial charge < -0.3 is 29.7 Å². The highest BCUT2D eigenvalue weighted by molar-refractivity contribution is 8.41. The number of nitro benzene ring substituents is 1. The Kier molecular flexibility index (Phi) is 15.2. The van der Waals surface area contributed by atoms with Gasteiger partial charge in [0.1, 0.15) is 17.3 Å². The third kappa shape index (κ3) is 10.4. The predicted molar refractivity (Wildman–Crippen MR) is 210 cm³/mol. The molecule has 1 fully saturated rings. The number of hydrogen-bond donors (Lipinski definition) is 5. The number of H-pyrrole nitrogens is 1. The Morgan fingerprint density at radius 2 is 1.81 bits per heavy atom. The summed E-state index contributed by atoms with van der Waals surface area (Å²) >= 11 is 0. The number of aromatic nitrogens is 2. The summed E-state index contributed by atoms with van der Waals surface area (Å²) < 4.78 is 18.9. The van der Waals surface area contributed by atoms with Crippen molar-refractivity contribution in [2.45, 2.75) is 104 Å². The van der Waals surface area contributed by atoms with E-state index in [1.54, 1.807) is 34.6 Å². The molecule has 1 saturated heterocycles. The molecule has 2 heterocycles. The summed E-state index contributed by atoms with van der Waals surface area (Å²) in [5.74, 6) is -0.307. The second-order valence-corrected chi connectivity index (χ2v) is 19.9. The van der Waals surface area contributed by atoms with Gasteiger partial charge in [-0.25, -0.2) is 9.59 Å². The van der Waals surface area contributed by atoms with Crippen molar-refractivity contribution in [1.29, 1.82) is 0 Å². The molecule has 0 bridgehead atoms. The van der Waals surface area contributed by atoms with E-state index >= 15 is 0 Å². The van der Waals surface area contributed by atoms with Gasteiger partial charge in [0.15, 0.2) is 5.72 Å². The molecule has 1 aliphatic heterocycles. The van der Waals surface area contributed by atoms with E-state index in [0.717, 1.165) is 19.0 Å². The Morgan fingerprint density at radius 1 is 1.13 bits per heavy atom. The molecule has 20 heteroatoms. The minimum Gasteiger partial charge on any atom is -0.441 e. The third-order valence-electron chi connectivity index (χ3n) is 10.2. The van der Waals surface area contributed by atoms with Crippen LogP contribution in [-0.2, 0) is 35.9 Å². The van der Waals surface area contributed by atoms with Crippen molar-refractivity contribution in [2.75, 3.05) is 13.2 Å². The fraction of sp³-hybridized carbons (Fsp3) is 0.559. The van der Waals surface area contributed by atoms with E-state index in [9.17, 15) is 39.2 Å². The van der Waals surface area contributed by atoms with Crippen LogP contribution < -0.4 is 27.2 Å². The molecular formula is C34H51N6O11P3. The van der Waals surface area contributed by atoms with E-state index in [1.807, 2.05) is 0 Å². The lowest BCUT2D eigenvalue weighted by molar-refractivity contribution is -0.386. The Labute approximate surface area is 318 Å². The SMILES string of the molecule is CC(=O)NCCCCCC(=O)NCc1ccc([N+](=O)[O-])c(C(C)OC(=O)N/C=C/c2cn([C@]3(C)O[C@](C)(COP(P)P)[C@](C)(O)C3(C)C)c(=O)[nH]c2=O)c1. The van der Waals surface area contributed by atoms with Crippen LogP contribution in [-0.4, -0.2) is 61.8 Å². The first-order chi connectivity index (χ1) is 25.1. The summed E-state index contributed by atoms with van der Waals surface area (Å²) in [4.78, 5) is 75.5. The molecule has 0 saturated carbocycles. The molecule has 3 rings (SSSR count). The van der Waals surface area contributed by atoms with Gasteiger partial charge in [0.05, 0.1) is 30.2 Å². The first kappa shape index (κ1) is 44.8. The number of nitrogens with zero attached hydrogens (tertiary/aromatic N) is 2. The molecule has 17 nitrogen and oxygen atoms in total. The topological polar surface area (TPSA) is 233 Å². The van der Waals surface area contributed by atoms with Gasteiger partial charge in [-0.05, 0) is 58.2 Å². The Balaban J connectivity index is 1.71. The quantitative estimate of drug-likeness (QED) is 0.0648. The molecule has 0 radical (unpaired) electrons. The molecule has 3 amide bonds. The first-order valence-corrected chi connectivity index (χ1v) is 21.7. The summed E-state index contributed by atoms with van der Waals surface area (Å²) in [6, 6.07) is 4.25. The summed E-state index contributed by atoms with van der Waals surface area (Å²) in [7, 11) is 4.12. The van der Waals surface area contributed by atoms with Gasteiger partial charge in [0.2, 0.25) is 11.8 Å². The molecule has 5 N–H and O–H groups in total. The van der Waals surface area contributed by atoms with E-state index in [-0.39, 0.29) is 48.2 Å². The average molecular weight is 813 g/mol. The molecule has 54 heavy (non-hydrogen) atoms. The Morgan fingerprint density at radius 3 is 2.44 bits per heavy atom. The van der Waals surface area contributed by atoms with Gasteiger partial charge in [0, 0.05) is 50.3 Å². The molecule has 2 aromatic rings. The Bertz CT molecular complexity index is 1860. The number of alkyl carbamates (subject to hydrolysis) is 1. The van der Waals surface area contributed by atoms with Crippen molar-refractivity contribution in [1.82, 2.24) is 25.5 Å². The van der Waals surface area contributed by atoms with Crippen LogP contribution in [0, 0.1) is 15.5 Å². The van der Waals surface area contributed by atoms with Crippen LogP contribution in [0.4, 0.5) is 10.5 Å². The van der Waals surface area contributed by atoms with Crippen molar-refractivity contribution >= 4 is 55.1 Å². The predicted octanol–water partition coefficient (Wildman–Crippen LogP) is 4.45. The zero-order valence-corrected chi connectivity index (χ0v) is 34.7. The lowest BCUT2D eigenvalue weighted by Crippen LogP contribution is -2.58. The molecule has 1 aliphatic rings. The Hall–Kier alpha value is -3.58. The number of nitro groups is 1. The molecule has 1 aromatic carbocycles. The number of carbonyl (C=O) groups is 3. The second-order valence-electron chi connectivity index (χ2n) is 14.1. The number of amides is 3. The highest BCUT2D eigenvalue weighted by Gasteiger charge is 2.71. The van der Waals surface area contributed by atoms with E-state index in [1.165, 1.54) is 48.9 Å². The summed E-state index contributed by atoms with van der Waals surface area (Å²) in [5, 5.41) is 31.4. The van der Waals surface area contributed by atoms with Gasteiger partial charge in [0.25, 0.3) is 11.2 Å². The third-order valence-corrected chi connectivity index (χ3v) is 11.5. The van der Waals surface area contributed by atoms with Crippen LogP contribution in [0.3, 0.4) is 0 Å². The van der Waals surface area contributed by atoms with Gasteiger partial charge in [-0.2, -0.15) is 0 Å². The second kappa shape index (κ2) is 18.4. The monoisotopic (exact) mass is 812 g/mol. The van der Waals surface area contributed by atoms with E-state index in [2.05, 4.69) is 38.8 Å². The standard InChI is InChI=1S/C34H51N6O11P3/c1-21(25-17-23(12-13-26(25)40(47)48)18-37-27(42)11-9-8-10-15-35-22(2)41)50-30(45)36-16-14-24-19-39(29(44)38-28(24)43)34(7)31(3,4)33(6,46)32(5,51-34)20-49-54(52)53/h12-14,16-17,19,21,46H,8-11,15,18,20,52-53H2,1-7H3,(H,35,41)(H,36,45)(H,37,42)(H,38,43,44)/b16-14+/t21?,32-,33-,34-/m1/s1. The van der Waals surface area contributed by atoms with Crippen molar-refractivity contribution < 1.29 is 38.4 Å². The van der Waals surface area contributed by atoms with E-state index in [4.69, 9.17) is 14.0 Å². The van der Waals surface area contributed by atoms with Crippen LogP contribution in [0.2, 0.25) is 0 Å². The zero-order chi connectivity index (χ0) is 40.6. The van der Waals surface area contributed by atoms with Crippen LogP contribution >= 0.6 is 25.4 Å². The van der Waals surface area contributed by atoms with Crippen molar-refractivity contribution in [3.05, 3.63) is 78.2 Å². The minimum absolute atomic E-state index is 0.0148. The van der Waals surface area contributed by atoms with Crippen molar-refractivity contribution in [2.24, 2.45) is 5.41 Å². The van der Waals surface area contributed by atoms with E-state index < -0.39 is 58.2 Å². The number of carbonyl (C=O) groups excluding carboxylic acids is 3. The maximum Gasteiger partial charge on any atom is 0.411 e. The smallest absolute Gasteiger partial charge is 0.411 e. The molecule has 0 aliphatic carbocycles. The molecular weight excluding hydrogens is 761 g/mol. The lowest BCUT2D eigenvalue weighted by Gasteiger charge is -2.44. The van der Waals surface area contributed by atoms with Crippen LogP contribution in [0.25, 0.3) is 6.08 Å². The first-order valence-electron chi connectivity index (χ1n) is 17.2. The highest BCUT2D eigenvalue weighted by atomic mass is 32.4. The summed E-state index contributed by atoms with van der Waals surface area (Å²) in [6.07, 6.45) is 3.95. The molecule has 6 atom stereocenters. The molecule has 1 aromatic heterocycles. The number of hydrogen-bond acceptors (Lipinski definition) is 11. The number of unbranched alkanes of at least 4 members (excludes halogenated alkanes) is 2. The number of aliphatic hydroxyl groups is 1. The lowest BCUT2D eigenvalue weighted by atomic mass is 9.65. The number of nitrogens with one attached hydrogen (secondary N) is 4. The van der Waals surface area contributed by atoms with Gasteiger partial charge in [-0.15, -0.1) is 0 Å². The van der Waals surface area contributed by atoms with Gasteiger partial charge in [-0.1, -0.05) is 44.2 Å². The van der Waals surface area contributed by atoms with Gasteiger partial charge in [-0.3, -0.25) is 39.4 Å². The van der Waals surface area contributed by atoms with Crippen LogP contribution in [0.15, 0.2) is 40.2 Å². The van der Waals surface area contributed by atoms with Crippen molar-refractivity contribution in [3.63, 3.8) is 0 Å². The number of aromatic amines is 1. The zero-order valence-electron chi connectivity index (χ0n) is 31.5. The number of benzene rings is 1. The fourth-order valence-corrected chi connectivity index (χ4v) is 7.06. The maximum absolute atomic E-state index is 13.2. The summed E-state index contributed by atoms with van der Waals surface area (Å²) in [5.41, 5.74) is -6.58. The van der Waals surface area contributed by atoms with Crippen LogP contribution in [0.5, 0.6) is 0 Å². The fourth-order valence-electron chi connectivity index (χ4n) is 6.22. The number of ether oxygens (including phenoxy) is 2. The summed E-state index contributed by atoms with van der Waals surface area (Å²) in [6.45, 7) is 12.0. The van der Waals surface area contributed by atoms with Crippen LogP contribution in [0.1, 0.15) is 96.9 Å². The normalized spacial score (nSPS) is 22.6. The average Bonchev–Trinajstić information content (AvgIpc) is 3.18. The number of rotatable bonds is 17. The molecule has 3 unspecified atom stereocenters.